The number of nitrogens with one attached hydrogen (secondary N) is 1. The molecule has 0 unspecified atom stereocenters. The summed E-state index contributed by atoms with van der Waals surface area (Å²) >= 11 is 0. The normalized spacial score (nSPS) is 11.3. The summed E-state index contributed by atoms with van der Waals surface area (Å²) < 4.78 is 0. The average molecular weight is 228 g/mol. The second-order valence-corrected chi connectivity index (χ2v) is 3.50. The van der Waals surface area contributed by atoms with E-state index in [0.717, 1.165) is 6.08 Å². The zero-order valence-electron chi connectivity index (χ0n) is 10.1. The van der Waals surface area contributed by atoms with Crippen LogP contribution in [0.1, 0.15) is 20.8 Å². The van der Waals surface area contributed by atoms with Crippen LogP contribution >= 0.6 is 0 Å². The van der Waals surface area contributed by atoms with Gasteiger partial charge in [0.2, 0.25) is 5.91 Å². The van der Waals surface area contributed by atoms with Gasteiger partial charge in [-0.05, 0) is 20.8 Å². The fourth-order valence-electron chi connectivity index (χ4n) is 1.32. The molecule has 0 aromatic heterocycles. The fraction of sp³-hybridized carbons (Fsp3) is 0.636. The van der Waals surface area contributed by atoms with E-state index in [9.17, 15) is 9.59 Å². The third-order valence-corrected chi connectivity index (χ3v) is 2.17. The quantitative estimate of drug-likeness (QED) is 0.622. The summed E-state index contributed by atoms with van der Waals surface area (Å²) in [5, 5.41) is 11.4. The van der Waals surface area contributed by atoms with Crippen molar-refractivity contribution >= 4 is 11.9 Å². The van der Waals surface area contributed by atoms with Gasteiger partial charge in [0, 0.05) is 25.7 Å². The predicted octanol–water partition coefficient (Wildman–Crippen LogP) is 0.475. The lowest BCUT2D eigenvalue weighted by molar-refractivity contribution is -0.131. The summed E-state index contributed by atoms with van der Waals surface area (Å²) in [6.45, 7) is 7.62. The number of amides is 1. The molecule has 0 bridgehead atoms. The van der Waals surface area contributed by atoms with Crippen LogP contribution in [0.3, 0.4) is 0 Å². The Bertz CT molecular complexity index is 270. The Morgan fingerprint density at radius 2 is 1.81 bits per heavy atom. The second kappa shape index (κ2) is 7.87. The molecule has 0 heterocycles. The third kappa shape index (κ3) is 6.19. The highest BCUT2D eigenvalue weighted by atomic mass is 16.4. The van der Waals surface area contributed by atoms with E-state index in [2.05, 4.69) is 5.32 Å². The number of carboxylic acids is 1. The summed E-state index contributed by atoms with van der Waals surface area (Å²) in [5.41, 5.74) is 0.694. The number of carbonyl (C=O) groups is 2. The van der Waals surface area contributed by atoms with Crippen molar-refractivity contribution in [3.63, 3.8) is 0 Å². The molecule has 0 saturated carbocycles. The number of likely N-dealkylation sites (N-methyl/N-ethyl adjacent to an activating group) is 1. The van der Waals surface area contributed by atoms with Gasteiger partial charge in [-0.1, -0.05) is 5.57 Å². The maximum atomic E-state index is 11.5. The van der Waals surface area contributed by atoms with Gasteiger partial charge >= 0.3 is 5.97 Å². The predicted molar refractivity (Wildman–Crippen MR) is 62.2 cm³/mol. The van der Waals surface area contributed by atoms with E-state index in [4.69, 9.17) is 5.11 Å². The molecule has 0 radical (unpaired) electrons. The van der Waals surface area contributed by atoms with Gasteiger partial charge in [-0.15, -0.1) is 0 Å². The van der Waals surface area contributed by atoms with Gasteiger partial charge in [0.1, 0.15) is 0 Å². The van der Waals surface area contributed by atoms with Crippen LogP contribution < -0.4 is 5.32 Å². The number of hydrogen-bond donors (Lipinski definition) is 2. The van der Waals surface area contributed by atoms with Crippen LogP contribution in [0.5, 0.6) is 0 Å². The summed E-state index contributed by atoms with van der Waals surface area (Å²) in [7, 11) is 0. The Labute approximate surface area is 96.1 Å². The first-order valence-corrected chi connectivity index (χ1v) is 5.39. The Morgan fingerprint density at radius 1 is 1.25 bits per heavy atom. The van der Waals surface area contributed by atoms with Crippen molar-refractivity contribution in [2.24, 2.45) is 0 Å². The molecule has 0 atom stereocenters. The third-order valence-electron chi connectivity index (χ3n) is 2.17. The summed E-state index contributed by atoms with van der Waals surface area (Å²) in [6.07, 6.45) is 1.13. The van der Waals surface area contributed by atoms with Crippen molar-refractivity contribution in [2.45, 2.75) is 20.8 Å². The Hall–Kier alpha value is -1.36. The minimum Gasteiger partial charge on any atom is -0.478 e. The SMILES string of the molecule is CCN(CC)C(=O)CNCC(C)=CC(=O)O. The lowest BCUT2D eigenvalue weighted by atomic mass is 10.3. The molecule has 5 heteroatoms. The van der Waals surface area contributed by atoms with Gasteiger partial charge in [0.05, 0.1) is 6.54 Å². The van der Waals surface area contributed by atoms with E-state index in [1.807, 2.05) is 13.8 Å². The lowest BCUT2D eigenvalue weighted by Gasteiger charge is -2.18. The van der Waals surface area contributed by atoms with E-state index >= 15 is 0 Å². The van der Waals surface area contributed by atoms with Crippen molar-refractivity contribution in [1.82, 2.24) is 10.2 Å². The standard InChI is InChI=1S/C11H20N2O3/c1-4-13(5-2)10(14)8-12-7-9(3)6-11(15)16/h6,12H,4-5,7-8H2,1-3H3,(H,15,16). The maximum Gasteiger partial charge on any atom is 0.328 e. The largest absolute Gasteiger partial charge is 0.478 e. The van der Waals surface area contributed by atoms with Crippen molar-refractivity contribution < 1.29 is 14.7 Å². The zero-order valence-corrected chi connectivity index (χ0v) is 10.1. The van der Waals surface area contributed by atoms with E-state index in [1.165, 1.54) is 0 Å². The van der Waals surface area contributed by atoms with Crippen molar-refractivity contribution in [1.29, 1.82) is 0 Å². The maximum absolute atomic E-state index is 11.5. The summed E-state index contributed by atoms with van der Waals surface area (Å²) in [6, 6.07) is 0. The molecule has 0 aromatic carbocycles. The van der Waals surface area contributed by atoms with Crippen LogP contribution in [0.25, 0.3) is 0 Å². The number of carboxylic acid groups (broad SMARTS) is 1. The highest BCUT2D eigenvalue weighted by Gasteiger charge is 2.08. The molecule has 0 saturated heterocycles. The average Bonchev–Trinajstić information content (AvgIpc) is 2.18. The molecule has 0 aliphatic rings. The highest BCUT2D eigenvalue weighted by Crippen LogP contribution is 1.91. The molecule has 0 aliphatic heterocycles. The molecule has 0 fully saturated rings. The van der Waals surface area contributed by atoms with Crippen molar-refractivity contribution in [2.75, 3.05) is 26.2 Å². The molecule has 5 nitrogen and oxygen atoms in total. The second-order valence-electron chi connectivity index (χ2n) is 3.50. The van der Waals surface area contributed by atoms with E-state index in [-0.39, 0.29) is 12.5 Å². The lowest BCUT2D eigenvalue weighted by Crippen LogP contribution is -2.38. The number of rotatable bonds is 7. The van der Waals surface area contributed by atoms with Crippen molar-refractivity contribution in [3.8, 4) is 0 Å². The van der Waals surface area contributed by atoms with Crippen LogP contribution in [0.4, 0.5) is 0 Å². The molecule has 92 valence electrons. The fourth-order valence-corrected chi connectivity index (χ4v) is 1.32. The van der Waals surface area contributed by atoms with Crippen molar-refractivity contribution in [3.05, 3.63) is 11.6 Å². The van der Waals surface area contributed by atoms with Gasteiger partial charge in [-0.3, -0.25) is 4.79 Å². The first kappa shape index (κ1) is 14.6. The molecular formula is C11H20N2O3. The Morgan fingerprint density at radius 3 is 2.25 bits per heavy atom. The van der Waals surface area contributed by atoms with E-state index in [0.29, 0.717) is 25.2 Å². The number of nitrogens with zero attached hydrogens (tertiary/aromatic N) is 1. The Balaban J connectivity index is 3.90. The van der Waals surface area contributed by atoms with Crippen LogP contribution in [0.15, 0.2) is 11.6 Å². The molecule has 0 rings (SSSR count). The molecule has 0 aliphatic carbocycles. The Kier molecular flexibility index (Phi) is 7.20. The van der Waals surface area contributed by atoms with E-state index in [1.54, 1.807) is 11.8 Å². The molecule has 0 aromatic rings. The summed E-state index contributed by atoms with van der Waals surface area (Å²) in [4.78, 5) is 23.6. The van der Waals surface area contributed by atoms with Gasteiger partial charge in [-0.25, -0.2) is 4.79 Å². The minimum atomic E-state index is -0.964. The number of hydrogen-bond acceptors (Lipinski definition) is 3. The van der Waals surface area contributed by atoms with Crippen LogP contribution in [0, 0.1) is 0 Å². The molecule has 0 spiro atoms. The first-order valence-electron chi connectivity index (χ1n) is 5.39. The number of carbonyl (C=O) groups excluding carboxylic acids is 1. The smallest absolute Gasteiger partial charge is 0.328 e. The highest BCUT2D eigenvalue weighted by molar-refractivity contribution is 5.80. The molecular weight excluding hydrogens is 208 g/mol. The number of aliphatic carboxylic acids is 1. The van der Waals surface area contributed by atoms with Gasteiger partial charge in [-0.2, -0.15) is 0 Å². The molecule has 2 N–H and O–H groups in total. The monoisotopic (exact) mass is 228 g/mol. The van der Waals surface area contributed by atoms with Gasteiger partial charge < -0.3 is 15.3 Å². The molecule has 16 heavy (non-hydrogen) atoms. The van der Waals surface area contributed by atoms with Crippen LogP contribution in [0.2, 0.25) is 0 Å². The van der Waals surface area contributed by atoms with Crippen LogP contribution in [-0.2, 0) is 9.59 Å². The topological polar surface area (TPSA) is 69.6 Å². The summed E-state index contributed by atoms with van der Waals surface area (Å²) in [5.74, 6) is -0.928. The van der Waals surface area contributed by atoms with Gasteiger partial charge in [0.15, 0.2) is 0 Å². The zero-order chi connectivity index (χ0) is 12.6. The minimum absolute atomic E-state index is 0.0353. The van der Waals surface area contributed by atoms with Gasteiger partial charge in [0.25, 0.3) is 0 Å². The molecule has 1 amide bonds. The first-order chi connectivity index (χ1) is 7.51. The van der Waals surface area contributed by atoms with Crippen LogP contribution in [-0.4, -0.2) is 48.1 Å². The van der Waals surface area contributed by atoms with E-state index < -0.39 is 5.97 Å².